The van der Waals surface area contributed by atoms with Crippen LogP contribution in [0.15, 0.2) is 46.2 Å². The molecule has 0 unspecified atom stereocenters. The van der Waals surface area contributed by atoms with Crippen LogP contribution in [0.25, 0.3) is 0 Å². The van der Waals surface area contributed by atoms with Crippen molar-refractivity contribution in [3.8, 4) is 11.5 Å². The molecule has 2 aromatic rings. The third-order valence-electron chi connectivity index (χ3n) is 4.04. The average molecular weight is 563 g/mol. The zero-order valence-corrected chi connectivity index (χ0v) is 20.8. The number of hydrogen-bond acceptors (Lipinski definition) is 8. The van der Waals surface area contributed by atoms with Gasteiger partial charge in [0, 0.05) is 0 Å². The number of halogens is 2. The Labute approximate surface area is 201 Å². The molecule has 0 radical (unpaired) electrons. The van der Waals surface area contributed by atoms with E-state index in [1.54, 1.807) is 0 Å². The Hall–Kier alpha value is -1.61. The van der Waals surface area contributed by atoms with Crippen LogP contribution in [0, 0.1) is 0 Å². The van der Waals surface area contributed by atoms with Crippen LogP contribution in [-0.2, 0) is 30.1 Å². The summed E-state index contributed by atoms with van der Waals surface area (Å²) in [6, 6.07) is 7.49. The number of rotatable bonds is 12. The van der Waals surface area contributed by atoms with Gasteiger partial charge in [-0.15, -0.1) is 0 Å². The lowest BCUT2D eigenvalue weighted by molar-refractivity contribution is 0.316. The summed E-state index contributed by atoms with van der Waals surface area (Å²) in [5, 5.41) is -0.0411. The van der Waals surface area contributed by atoms with Crippen molar-refractivity contribution in [1.29, 1.82) is 0 Å². The highest BCUT2D eigenvalue weighted by atomic mass is 35.5. The lowest BCUT2D eigenvalue weighted by Gasteiger charge is -2.12. The van der Waals surface area contributed by atoms with Gasteiger partial charge < -0.3 is 9.47 Å². The number of sulfone groups is 1. The van der Waals surface area contributed by atoms with Crippen molar-refractivity contribution in [2.75, 3.05) is 24.7 Å². The Morgan fingerprint density at radius 2 is 1.03 bits per heavy atom. The van der Waals surface area contributed by atoms with Crippen molar-refractivity contribution < 1.29 is 43.8 Å². The van der Waals surface area contributed by atoms with E-state index in [1.807, 2.05) is 0 Å². The van der Waals surface area contributed by atoms with E-state index in [2.05, 4.69) is 0 Å². The van der Waals surface area contributed by atoms with Gasteiger partial charge in [-0.25, -0.2) is 8.42 Å². The standard InChI is InChI=1S/C18H20Cl2O10S3/c19-15-11-13(3-5-17(15)29-7-1-9-31(21,22)23)33(27,28)14-4-6-18(16(20)12-14)30-8-2-10-32(24,25)26/h3-6,11-12H,1-2,7-10H2,(H,21,22,23)(H,24,25,26). The summed E-state index contributed by atoms with van der Waals surface area (Å²) in [7, 11) is -12.2. The highest BCUT2D eigenvalue weighted by Gasteiger charge is 2.21. The maximum atomic E-state index is 12.9. The largest absolute Gasteiger partial charge is 0.492 e. The molecule has 0 fully saturated rings. The first-order valence-electron chi connectivity index (χ1n) is 9.19. The molecule has 0 saturated carbocycles. The molecular formula is C18H20Cl2O10S3. The second-order valence-electron chi connectivity index (χ2n) is 6.66. The molecule has 33 heavy (non-hydrogen) atoms. The predicted molar refractivity (Wildman–Crippen MR) is 121 cm³/mol. The maximum Gasteiger partial charge on any atom is 0.264 e. The Morgan fingerprint density at radius 3 is 1.33 bits per heavy atom. The zero-order valence-electron chi connectivity index (χ0n) is 16.8. The minimum absolute atomic E-state index is 0.0118. The fourth-order valence-corrected chi connectivity index (χ4v) is 5.39. The average Bonchev–Trinajstić information content (AvgIpc) is 2.68. The molecule has 15 heteroatoms. The summed E-state index contributed by atoms with van der Waals surface area (Å²) in [5.74, 6) is -0.703. The van der Waals surface area contributed by atoms with E-state index in [1.165, 1.54) is 36.4 Å². The van der Waals surface area contributed by atoms with Crippen LogP contribution in [-0.4, -0.2) is 59.1 Å². The van der Waals surface area contributed by atoms with Gasteiger partial charge in [0.25, 0.3) is 20.2 Å². The summed E-state index contributed by atoms with van der Waals surface area (Å²) < 4.78 is 96.7. The highest BCUT2D eigenvalue weighted by Crippen LogP contribution is 2.33. The van der Waals surface area contributed by atoms with E-state index < -0.39 is 41.6 Å². The normalized spacial score (nSPS) is 12.5. The van der Waals surface area contributed by atoms with Crippen molar-refractivity contribution in [3.05, 3.63) is 46.4 Å². The first-order valence-corrected chi connectivity index (χ1v) is 14.6. The van der Waals surface area contributed by atoms with Gasteiger partial charge in [0.2, 0.25) is 9.84 Å². The highest BCUT2D eigenvalue weighted by molar-refractivity contribution is 7.91. The monoisotopic (exact) mass is 562 g/mol. The second-order valence-corrected chi connectivity index (χ2v) is 12.6. The molecule has 2 N–H and O–H groups in total. The van der Waals surface area contributed by atoms with Crippen LogP contribution >= 0.6 is 23.2 Å². The van der Waals surface area contributed by atoms with Crippen molar-refractivity contribution in [2.24, 2.45) is 0 Å². The maximum absolute atomic E-state index is 12.9. The fourth-order valence-electron chi connectivity index (χ4n) is 2.51. The van der Waals surface area contributed by atoms with Crippen LogP contribution in [0.2, 0.25) is 10.0 Å². The van der Waals surface area contributed by atoms with Gasteiger partial charge in [0.15, 0.2) is 0 Å². The van der Waals surface area contributed by atoms with Gasteiger partial charge in [-0.3, -0.25) is 9.11 Å². The molecule has 0 amide bonds. The van der Waals surface area contributed by atoms with Crippen molar-refractivity contribution >= 4 is 53.3 Å². The van der Waals surface area contributed by atoms with Crippen LogP contribution in [0.5, 0.6) is 11.5 Å². The molecule has 0 aliphatic rings. The molecule has 0 aliphatic carbocycles. The minimum atomic E-state index is -4.11. The van der Waals surface area contributed by atoms with Gasteiger partial charge in [0.05, 0.1) is 44.6 Å². The van der Waals surface area contributed by atoms with Gasteiger partial charge in [-0.1, -0.05) is 23.2 Å². The van der Waals surface area contributed by atoms with E-state index in [4.69, 9.17) is 41.8 Å². The van der Waals surface area contributed by atoms with E-state index in [-0.39, 0.29) is 57.4 Å². The Kier molecular flexibility index (Phi) is 9.39. The van der Waals surface area contributed by atoms with Gasteiger partial charge in [-0.2, -0.15) is 16.8 Å². The minimum Gasteiger partial charge on any atom is -0.492 e. The summed E-state index contributed by atoms with van der Waals surface area (Å²) >= 11 is 12.2. The number of ether oxygens (including phenoxy) is 2. The zero-order chi connectivity index (χ0) is 24.9. The topological polar surface area (TPSA) is 161 Å². The Morgan fingerprint density at radius 1 is 0.667 bits per heavy atom. The summed E-state index contributed by atoms with van der Waals surface area (Å²) in [4.78, 5) is -0.286. The van der Waals surface area contributed by atoms with Crippen LogP contribution < -0.4 is 9.47 Å². The molecule has 10 nitrogen and oxygen atoms in total. The third-order valence-corrected chi connectivity index (χ3v) is 7.98. The van der Waals surface area contributed by atoms with E-state index in [9.17, 15) is 25.3 Å². The molecule has 184 valence electrons. The molecule has 2 rings (SSSR count). The molecule has 0 spiro atoms. The van der Waals surface area contributed by atoms with Crippen molar-refractivity contribution in [1.82, 2.24) is 0 Å². The molecule has 2 aromatic carbocycles. The van der Waals surface area contributed by atoms with E-state index in [0.717, 1.165) is 0 Å². The van der Waals surface area contributed by atoms with Crippen LogP contribution in [0.3, 0.4) is 0 Å². The predicted octanol–water partition coefficient (Wildman–Crippen LogP) is 3.14. The third kappa shape index (κ3) is 8.92. The molecule has 0 heterocycles. The van der Waals surface area contributed by atoms with E-state index >= 15 is 0 Å². The summed E-state index contributed by atoms with van der Waals surface area (Å²) in [6.07, 6.45) is 0.0237. The SMILES string of the molecule is O=S(=O)(O)CCCOc1ccc(S(=O)(=O)c2ccc(OCCCS(=O)(=O)O)c(Cl)c2)cc1Cl. The Balaban J connectivity index is 2.09. The van der Waals surface area contributed by atoms with E-state index in [0.29, 0.717) is 0 Å². The molecule has 0 aliphatic heterocycles. The second kappa shape index (κ2) is 11.2. The molecule has 0 bridgehead atoms. The van der Waals surface area contributed by atoms with Gasteiger partial charge in [-0.05, 0) is 49.2 Å². The summed E-state index contributed by atoms with van der Waals surface area (Å²) in [6.45, 7) is -0.125. The van der Waals surface area contributed by atoms with Crippen LogP contribution in [0.1, 0.15) is 12.8 Å². The molecule has 0 aromatic heterocycles. The fraction of sp³-hybridized carbons (Fsp3) is 0.333. The van der Waals surface area contributed by atoms with Crippen molar-refractivity contribution in [2.45, 2.75) is 22.6 Å². The number of benzene rings is 2. The molecule has 0 saturated heterocycles. The van der Waals surface area contributed by atoms with Gasteiger partial charge >= 0.3 is 0 Å². The first kappa shape index (κ1) is 27.6. The lowest BCUT2D eigenvalue weighted by Crippen LogP contribution is -2.09. The van der Waals surface area contributed by atoms with Crippen LogP contribution in [0.4, 0.5) is 0 Å². The lowest BCUT2D eigenvalue weighted by atomic mass is 10.3. The van der Waals surface area contributed by atoms with Crippen molar-refractivity contribution in [3.63, 3.8) is 0 Å². The number of hydrogen-bond donors (Lipinski definition) is 2. The van der Waals surface area contributed by atoms with Gasteiger partial charge in [0.1, 0.15) is 11.5 Å². The quantitative estimate of drug-likeness (QED) is 0.290. The smallest absolute Gasteiger partial charge is 0.264 e. The first-order chi connectivity index (χ1) is 15.2. The molecule has 0 atom stereocenters. The summed E-state index contributed by atoms with van der Waals surface area (Å²) in [5.41, 5.74) is 0. The molecular weight excluding hydrogens is 543 g/mol. The Bertz CT molecular complexity index is 1210.